The molecule has 0 aliphatic rings. The van der Waals surface area contributed by atoms with Crippen LogP contribution in [-0.4, -0.2) is 12.6 Å². The molecule has 0 saturated carbocycles. The zero-order valence-corrected chi connectivity index (χ0v) is 13.1. The molecule has 0 spiro atoms. The highest BCUT2D eigenvalue weighted by Gasteiger charge is 2.13. The van der Waals surface area contributed by atoms with Gasteiger partial charge in [-0.25, -0.2) is 4.39 Å². The number of halogens is 2. The first-order chi connectivity index (χ1) is 8.54. The quantitative estimate of drug-likeness (QED) is 0.778. The van der Waals surface area contributed by atoms with Crippen molar-refractivity contribution in [2.45, 2.75) is 46.1 Å². The van der Waals surface area contributed by atoms with Gasteiger partial charge in [0.2, 0.25) is 0 Å². The molecular weight excluding hydrogens is 293 g/mol. The van der Waals surface area contributed by atoms with E-state index >= 15 is 0 Å². The third-order valence-electron chi connectivity index (χ3n) is 3.20. The summed E-state index contributed by atoms with van der Waals surface area (Å²) in [5, 5.41) is 3.54. The highest BCUT2D eigenvalue weighted by atomic mass is 79.9. The summed E-state index contributed by atoms with van der Waals surface area (Å²) in [5.74, 6) is 0.470. The van der Waals surface area contributed by atoms with Crippen LogP contribution in [0.25, 0.3) is 0 Å². The van der Waals surface area contributed by atoms with E-state index in [1.165, 1.54) is 0 Å². The Morgan fingerprint density at radius 2 is 2.06 bits per heavy atom. The maximum Gasteiger partial charge on any atom is 0.127 e. The second-order valence-electron chi connectivity index (χ2n) is 5.08. The molecule has 1 rings (SSSR count). The van der Waals surface area contributed by atoms with E-state index in [9.17, 15) is 4.39 Å². The van der Waals surface area contributed by atoms with Crippen molar-refractivity contribution >= 4 is 15.9 Å². The number of hydrogen-bond donors (Lipinski definition) is 1. The average molecular weight is 316 g/mol. The topological polar surface area (TPSA) is 12.0 Å². The first kappa shape index (κ1) is 15.6. The molecule has 0 amide bonds. The van der Waals surface area contributed by atoms with Crippen LogP contribution in [0.4, 0.5) is 4.39 Å². The molecule has 0 aromatic heterocycles. The summed E-state index contributed by atoms with van der Waals surface area (Å²) in [6.07, 6.45) is 2.91. The Morgan fingerprint density at radius 1 is 1.33 bits per heavy atom. The molecule has 1 aromatic carbocycles. The number of hydrogen-bond acceptors (Lipinski definition) is 1. The molecule has 1 aromatic rings. The normalized spacial score (nSPS) is 13.0. The fourth-order valence-electron chi connectivity index (χ4n) is 2.04. The van der Waals surface area contributed by atoms with Gasteiger partial charge >= 0.3 is 0 Å². The van der Waals surface area contributed by atoms with Crippen molar-refractivity contribution in [1.29, 1.82) is 0 Å². The molecule has 0 aliphatic heterocycles. The molecule has 1 unspecified atom stereocenters. The van der Waals surface area contributed by atoms with E-state index in [2.05, 4.69) is 42.0 Å². The molecule has 0 saturated heterocycles. The smallest absolute Gasteiger partial charge is 0.127 e. The number of benzene rings is 1. The zero-order valence-electron chi connectivity index (χ0n) is 11.5. The van der Waals surface area contributed by atoms with Crippen LogP contribution >= 0.6 is 15.9 Å². The van der Waals surface area contributed by atoms with Crippen molar-refractivity contribution in [1.82, 2.24) is 5.32 Å². The number of rotatable bonds is 7. The van der Waals surface area contributed by atoms with Crippen LogP contribution in [0.1, 0.15) is 39.2 Å². The maximum absolute atomic E-state index is 13.7. The Kier molecular flexibility index (Phi) is 6.87. The highest BCUT2D eigenvalue weighted by molar-refractivity contribution is 9.10. The summed E-state index contributed by atoms with van der Waals surface area (Å²) in [6, 6.07) is 5.78. The zero-order chi connectivity index (χ0) is 13.5. The monoisotopic (exact) mass is 315 g/mol. The molecule has 0 radical (unpaired) electrons. The Labute approximate surface area is 118 Å². The van der Waals surface area contributed by atoms with Gasteiger partial charge in [0.05, 0.1) is 0 Å². The lowest BCUT2D eigenvalue weighted by Gasteiger charge is -2.22. The van der Waals surface area contributed by atoms with E-state index in [4.69, 9.17) is 0 Å². The lowest BCUT2D eigenvalue weighted by atomic mass is 9.96. The molecule has 3 heteroatoms. The van der Waals surface area contributed by atoms with E-state index in [1.54, 1.807) is 6.07 Å². The Bertz CT molecular complexity index is 366. The van der Waals surface area contributed by atoms with Crippen LogP contribution in [0.2, 0.25) is 0 Å². The fraction of sp³-hybridized carbons (Fsp3) is 0.600. The van der Waals surface area contributed by atoms with Gasteiger partial charge < -0.3 is 5.32 Å². The molecule has 0 bridgehead atoms. The molecule has 0 heterocycles. The van der Waals surface area contributed by atoms with Crippen LogP contribution in [0.5, 0.6) is 0 Å². The van der Waals surface area contributed by atoms with E-state index in [0.717, 1.165) is 35.8 Å². The van der Waals surface area contributed by atoms with E-state index in [0.29, 0.717) is 12.0 Å². The van der Waals surface area contributed by atoms with Gasteiger partial charge in [-0.2, -0.15) is 0 Å². The molecular formula is C15H23BrFN. The van der Waals surface area contributed by atoms with Crippen molar-refractivity contribution in [3.63, 3.8) is 0 Å². The molecule has 0 aliphatic carbocycles. The van der Waals surface area contributed by atoms with Gasteiger partial charge in [-0.1, -0.05) is 42.8 Å². The van der Waals surface area contributed by atoms with Crippen LogP contribution in [-0.2, 0) is 6.42 Å². The Morgan fingerprint density at radius 3 is 2.61 bits per heavy atom. The molecule has 1 N–H and O–H groups in total. The fourth-order valence-corrected chi connectivity index (χ4v) is 2.37. The molecule has 0 fully saturated rings. The second kappa shape index (κ2) is 7.90. The SMILES string of the molecule is CCCNC(CCc1ccc(Br)cc1F)C(C)C. The number of aryl methyl sites for hydroxylation is 1. The summed E-state index contributed by atoms with van der Waals surface area (Å²) in [5.41, 5.74) is 0.808. The van der Waals surface area contributed by atoms with Crippen molar-refractivity contribution in [3.05, 3.63) is 34.1 Å². The molecule has 1 atom stereocenters. The summed E-state index contributed by atoms with van der Waals surface area (Å²) in [7, 11) is 0. The maximum atomic E-state index is 13.7. The van der Waals surface area contributed by atoms with Gasteiger partial charge in [0.25, 0.3) is 0 Å². The third kappa shape index (κ3) is 5.07. The standard InChI is InChI=1S/C15H23BrFN/c1-4-9-18-15(11(2)3)8-6-12-5-7-13(16)10-14(12)17/h5,7,10-11,15,18H,4,6,8-9H2,1-3H3. The van der Waals surface area contributed by atoms with Crippen LogP contribution in [0, 0.1) is 11.7 Å². The van der Waals surface area contributed by atoms with E-state index < -0.39 is 0 Å². The lowest BCUT2D eigenvalue weighted by Crippen LogP contribution is -2.34. The minimum Gasteiger partial charge on any atom is -0.314 e. The average Bonchev–Trinajstić information content (AvgIpc) is 2.31. The number of nitrogens with one attached hydrogen (secondary N) is 1. The summed E-state index contributed by atoms with van der Waals surface area (Å²) < 4.78 is 14.5. The molecule has 102 valence electrons. The Balaban J connectivity index is 2.55. The summed E-state index contributed by atoms with van der Waals surface area (Å²) in [6.45, 7) is 7.63. The van der Waals surface area contributed by atoms with Crippen LogP contribution in [0.15, 0.2) is 22.7 Å². The van der Waals surface area contributed by atoms with Crippen molar-refractivity contribution in [3.8, 4) is 0 Å². The summed E-state index contributed by atoms with van der Waals surface area (Å²) in [4.78, 5) is 0. The van der Waals surface area contributed by atoms with E-state index in [-0.39, 0.29) is 5.82 Å². The third-order valence-corrected chi connectivity index (χ3v) is 3.69. The largest absolute Gasteiger partial charge is 0.314 e. The predicted molar refractivity (Wildman–Crippen MR) is 79.3 cm³/mol. The van der Waals surface area contributed by atoms with Crippen LogP contribution < -0.4 is 5.32 Å². The predicted octanol–water partition coefficient (Wildman–Crippen LogP) is 4.55. The van der Waals surface area contributed by atoms with Gasteiger partial charge in [-0.3, -0.25) is 0 Å². The van der Waals surface area contributed by atoms with Crippen molar-refractivity contribution < 1.29 is 4.39 Å². The summed E-state index contributed by atoms with van der Waals surface area (Å²) >= 11 is 3.28. The molecule has 18 heavy (non-hydrogen) atoms. The van der Waals surface area contributed by atoms with Gasteiger partial charge in [0.15, 0.2) is 0 Å². The van der Waals surface area contributed by atoms with Gasteiger partial charge in [-0.15, -0.1) is 0 Å². The highest BCUT2D eigenvalue weighted by Crippen LogP contribution is 2.18. The minimum atomic E-state index is -0.109. The van der Waals surface area contributed by atoms with Crippen molar-refractivity contribution in [2.75, 3.05) is 6.54 Å². The van der Waals surface area contributed by atoms with Crippen molar-refractivity contribution in [2.24, 2.45) is 5.92 Å². The van der Waals surface area contributed by atoms with Gasteiger partial charge in [0, 0.05) is 10.5 Å². The lowest BCUT2D eigenvalue weighted by molar-refractivity contribution is 0.376. The first-order valence-corrected chi connectivity index (χ1v) is 7.51. The van der Waals surface area contributed by atoms with Crippen LogP contribution in [0.3, 0.4) is 0 Å². The molecule has 1 nitrogen and oxygen atoms in total. The van der Waals surface area contributed by atoms with E-state index in [1.807, 2.05) is 12.1 Å². The second-order valence-corrected chi connectivity index (χ2v) is 5.99. The Hall–Kier alpha value is -0.410. The first-order valence-electron chi connectivity index (χ1n) is 6.72. The van der Waals surface area contributed by atoms with Gasteiger partial charge in [-0.05, 0) is 49.4 Å². The van der Waals surface area contributed by atoms with Gasteiger partial charge in [0.1, 0.15) is 5.82 Å². The minimum absolute atomic E-state index is 0.109.